The van der Waals surface area contributed by atoms with E-state index in [-0.39, 0.29) is 0 Å². The van der Waals surface area contributed by atoms with Gasteiger partial charge in [-0.15, -0.1) is 10.2 Å². The zero-order chi connectivity index (χ0) is 14.4. The quantitative estimate of drug-likeness (QED) is 0.575. The van der Waals surface area contributed by atoms with Gasteiger partial charge in [0.2, 0.25) is 0 Å². The lowest BCUT2D eigenvalue weighted by atomic mass is 10.2. The van der Waals surface area contributed by atoms with Crippen LogP contribution in [0.1, 0.15) is 26.2 Å². The van der Waals surface area contributed by atoms with Crippen molar-refractivity contribution in [1.29, 1.82) is 0 Å². The van der Waals surface area contributed by atoms with Gasteiger partial charge in [0.15, 0.2) is 11.0 Å². The van der Waals surface area contributed by atoms with E-state index < -0.39 is 0 Å². The number of hydrogen-bond acceptors (Lipinski definition) is 4. The molecule has 4 nitrogen and oxygen atoms in total. The Labute approximate surface area is 124 Å². The zero-order valence-electron chi connectivity index (χ0n) is 12.3. The van der Waals surface area contributed by atoms with Gasteiger partial charge in [0, 0.05) is 12.8 Å². The van der Waals surface area contributed by atoms with Gasteiger partial charge in [-0.25, -0.2) is 0 Å². The molecule has 0 saturated heterocycles. The minimum atomic E-state index is 0.825. The van der Waals surface area contributed by atoms with Crippen LogP contribution in [0.3, 0.4) is 0 Å². The molecule has 0 radical (unpaired) electrons. The fraction of sp³-hybridized carbons (Fsp3) is 0.467. The summed E-state index contributed by atoms with van der Waals surface area (Å²) >= 11 is 1.76. The van der Waals surface area contributed by atoms with E-state index in [1.54, 1.807) is 18.9 Å². The van der Waals surface area contributed by atoms with Crippen LogP contribution in [0, 0.1) is 0 Å². The van der Waals surface area contributed by atoms with Crippen molar-refractivity contribution in [1.82, 2.24) is 14.8 Å². The molecular formula is C15H21N3OS. The molecule has 0 aliphatic rings. The summed E-state index contributed by atoms with van der Waals surface area (Å²) in [6, 6.07) is 7.90. The molecule has 0 atom stereocenters. The monoisotopic (exact) mass is 291 g/mol. The van der Waals surface area contributed by atoms with E-state index in [9.17, 15) is 0 Å². The van der Waals surface area contributed by atoms with E-state index in [0.717, 1.165) is 28.0 Å². The number of ether oxygens (including phenoxy) is 1. The van der Waals surface area contributed by atoms with Crippen molar-refractivity contribution in [3.63, 3.8) is 0 Å². The molecule has 1 heterocycles. The molecule has 0 fully saturated rings. The molecular weight excluding hydrogens is 270 g/mol. The Hall–Kier alpha value is -1.49. The van der Waals surface area contributed by atoms with E-state index in [0.29, 0.717) is 0 Å². The van der Waals surface area contributed by atoms with Crippen molar-refractivity contribution in [2.24, 2.45) is 7.05 Å². The molecule has 0 bridgehead atoms. The third-order valence-corrected chi connectivity index (χ3v) is 4.27. The Morgan fingerprint density at radius 1 is 1.20 bits per heavy atom. The number of rotatable bonds is 7. The normalized spacial score (nSPS) is 10.8. The number of methoxy groups -OCH3 is 1. The first-order valence-corrected chi connectivity index (χ1v) is 7.92. The van der Waals surface area contributed by atoms with E-state index in [1.807, 2.05) is 35.9 Å². The van der Waals surface area contributed by atoms with Crippen LogP contribution in [0.25, 0.3) is 11.4 Å². The molecule has 0 saturated carbocycles. The number of nitrogens with zero attached hydrogens (tertiary/aromatic N) is 3. The van der Waals surface area contributed by atoms with Crippen LogP contribution < -0.4 is 4.74 Å². The van der Waals surface area contributed by atoms with Gasteiger partial charge < -0.3 is 9.30 Å². The summed E-state index contributed by atoms with van der Waals surface area (Å²) in [5.41, 5.74) is 0.977. The molecule has 2 rings (SSSR count). The number of thioether (sulfide) groups is 1. The summed E-state index contributed by atoms with van der Waals surface area (Å²) in [6.07, 6.45) is 3.73. The van der Waals surface area contributed by atoms with Gasteiger partial charge in [-0.05, 0) is 18.6 Å². The summed E-state index contributed by atoms with van der Waals surface area (Å²) in [7, 11) is 3.68. The number of aromatic nitrogens is 3. The summed E-state index contributed by atoms with van der Waals surface area (Å²) < 4.78 is 7.43. The van der Waals surface area contributed by atoms with Crippen LogP contribution in [0.2, 0.25) is 0 Å². The Balaban J connectivity index is 2.16. The standard InChI is InChI=1S/C15H21N3OS/c1-4-5-8-11-20-15-17-16-14(18(15)2)12-9-6-7-10-13(12)19-3/h6-7,9-10H,4-5,8,11H2,1-3H3. The van der Waals surface area contributed by atoms with Crippen LogP contribution in [0.4, 0.5) is 0 Å². The fourth-order valence-electron chi connectivity index (χ4n) is 2.02. The Kier molecular flexibility index (Phi) is 5.47. The predicted molar refractivity (Wildman–Crippen MR) is 83.2 cm³/mol. The summed E-state index contributed by atoms with van der Waals surface area (Å²) in [6.45, 7) is 2.22. The van der Waals surface area contributed by atoms with Crippen molar-refractivity contribution in [2.75, 3.05) is 12.9 Å². The smallest absolute Gasteiger partial charge is 0.191 e. The Morgan fingerprint density at radius 2 is 2.00 bits per heavy atom. The van der Waals surface area contributed by atoms with E-state index in [2.05, 4.69) is 17.1 Å². The number of unbranched alkanes of at least 4 members (excludes halogenated alkanes) is 2. The van der Waals surface area contributed by atoms with Gasteiger partial charge in [-0.1, -0.05) is 43.7 Å². The highest BCUT2D eigenvalue weighted by Crippen LogP contribution is 2.30. The third kappa shape index (κ3) is 3.33. The van der Waals surface area contributed by atoms with Gasteiger partial charge in [-0.2, -0.15) is 0 Å². The first-order valence-electron chi connectivity index (χ1n) is 6.93. The average molecular weight is 291 g/mol. The molecule has 1 aromatic carbocycles. The summed E-state index contributed by atoms with van der Waals surface area (Å²) in [5, 5.41) is 9.55. The molecule has 0 amide bonds. The minimum absolute atomic E-state index is 0.825. The topological polar surface area (TPSA) is 39.9 Å². The van der Waals surface area contributed by atoms with E-state index >= 15 is 0 Å². The Morgan fingerprint density at radius 3 is 2.75 bits per heavy atom. The molecule has 0 spiro atoms. The van der Waals surface area contributed by atoms with Crippen LogP contribution in [-0.2, 0) is 7.05 Å². The van der Waals surface area contributed by atoms with Crippen LogP contribution >= 0.6 is 11.8 Å². The van der Waals surface area contributed by atoms with Crippen molar-refractivity contribution in [3.8, 4) is 17.1 Å². The number of hydrogen-bond donors (Lipinski definition) is 0. The minimum Gasteiger partial charge on any atom is -0.496 e. The van der Waals surface area contributed by atoms with Crippen LogP contribution in [-0.4, -0.2) is 27.6 Å². The molecule has 0 N–H and O–H groups in total. The van der Waals surface area contributed by atoms with Crippen LogP contribution in [0.5, 0.6) is 5.75 Å². The van der Waals surface area contributed by atoms with Gasteiger partial charge in [0.1, 0.15) is 5.75 Å². The lowest BCUT2D eigenvalue weighted by Gasteiger charge is -2.08. The molecule has 20 heavy (non-hydrogen) atoms. The maximum atomic E-state index is 5.39. The number of para-hydroxylation sites is 1. The molecule has 2 aromatic rings. The second-order valence-electron chi connectivity index (χ2n) is 4.62. The molecule has 108 valence electrons. The molecule has 5 heteroatoms. The lowest BCUT2D eigenvalue weighted by molar-refractivity contribution is 0.416. The second-order valence-corrected chi connectivity index (χ2v) is 5.68. The molecule has 0 aliphatic heterocycles. The maximum absolute atomic E-state index is 5.39. The first kappa shape index (κ1) is 14.9. The van der Waals surface area contributed by atoms with Crippen molar-refractivity contribution >= 4 is 11.8 Å². The van der Waals surface area contributed by atoms with Crippen molar-refractivity contribution in [3.05, 3.63) is 24.3 Å². The highest BCUT2D eigenvalue weighted by atomic mass is 32.2. The van der Waals surface area contributed by atoms with E-state index in [4.69, 9.17) is 4.74 Å². The van der Waals surface area contributed by atoms with Gasteiger partial charge in [0.25, 0.3) is 0 Å². The largest absolute Gasteiger partial charge is 0.496 e. The maximum Gasteiger partial charge on any atom is 0.191 e. The highest BCUT2D eigenvalue weighted by molar-refractivity contribution is 7.99. The Bertz CT molecular complexity index is 554. The predicted octanol–water partition coefficient (Wildman–Crippen LogP) is 3.77. The van der Waals surface area contributed by atoms with Crippen molar-refractivity contribution < 1.29 is 4.74 Å². The summed E-state index contributed by atoms with van der Waals surface area (Å²) in [5.74, 6) is 2.76. The lowest BCUT2D eigenvalue weighted by Crippen LogP contribution is -1.97. The number of benzene rings is 1. The fourth-order valence-corrected chi connectivity index (χ4v) is 2.93. The van der Waals surface area contributed by atoms with Gasteiger partial charge in [0.05, 0.1) is 12.7 Å². The summed E-state index contributed by atoms with van der Waals surface area (Å²) in [4.78, 5) is 0. The van der Waals surface area contributed by atoms with Crippen LogP contribution in [0.15, 0.2) is 29.4 Å². The first-order chi connectivity index (χ1) is 9.77. The molecule has 1 aromatic heterocycles. The van der Waals surface area contributed by atoms with Gasteiger partial charge >= 0.3 is 0 Å². The molecule has 0 unspecified atom stereocenters. The zero-order valence-corrected chi connectivity index (χ0v) is 13.1. The third-order valence-electron chi connectivity index (χ3n) is 3.16. The van der Waals surface area contributed by atoms with E-state index in [1.165, 1.54) is 19.3 Å². The second kappa shape index (κ2) is 7.33. The van der Waals surface area contributed by atoms with Crippen molar-refractivity contribution in [2.45, 2.75) is 31.3 Å². The SMILES string of the molecule is CCCCCSc1nnc(-c2ccccc2OC)n1C. The molecule has 0 aliphatic carbocycles. The highest BCUT2D eigenvalue weighted by Gasteiger charge is 2.14. The average Bonchev–Trinajstić information content (AvgIpc) is 2.85. The van der Waals surface area contributed by atoms with Gasteiger partial charge in [-0.3, -0.25) is 0 Å².